The fourth-order valence-corrected chi connectivity index (χ4v) is 4.80. The van der Waals surface area contributed by atoms with Crippen molar-refractivity contribution in [1.29, 1.82) is 0 Å². The van der Waals surface area contributed by atoms with Crippen molar-refractivity contribution >= 4 is 11.6 Å². The van der Waals surface area contributed by atoms with Crippen molar-refractivity contribution in [2.75, 3.05) is 32.8 Å². The summed E-state index contributed by atoms with van der Waals surface area (Å²) in [6.45, 7) is 12.6. The van der Waals surface area contributed by atoms with Crippen LogP contribution in [0.2, 0.25) is 0 Å². The number of aromatic amines is 1. The smallest absolute Gasteiger partial charge is 0.196 e. The van der Waals surface area contributed by atoms with Crippen LogP contribution in [-0.4, -0.2) is 65.2 Å². The second-order valence-electron chi connectivity index (χ2n) is 8.57. The first-order valence-corrected chi connectivity index (χ1v) is 10.8. The molecule has 2 aliphatic heterocycles. The molecule has 0 spiro atoms. The molecular formula is C24H31N3O3. The Morgan fingerprint density at radius 3 is 2.57 bits per heavy atom. The van der Waals surface area contributed by atoms with Crippen molar-refractivity contribution in [3.05, 3.63) is 51.8 Å². The molecule has 3 heterocycles. The lowest BCUT2D eigenvalue weighted by Crippen LogP contribution is -2.51. The zero-order chi connectivity index (χ0) is 21.4. The van der Waals surface area contributed by atoms with E-state index >= 15 is 0 Å². The highest BCUT2D eigenvalue weighted by Gasteiger charge is 2.29. The summed E-state index contributed by atoms with van der Waals surface area (Å²) in [7, 11) is 0. The molecule has 4 rings (SSSR count). The number of aromatic nitrogens is 1. The SMILES string of the molecule is CC(=O)c1c(C)[nH]c(C(=O)[C@H](C)N2CCN(Cc3ccc4c(c3)CCO4)CC2)c1C. The van der Waals surface area contributed by atoms with Crippen molar-refractivity contribution in [1.82, 2.24) is 14.8 Å². The third-order valence-electron chi connectivity index (χ3n) is 6.53. The van der Waals surface area contributed by atoms with Gasteiger partial charge in [-0.05, 0) is 50.5 Å². The van der Waals surface area contributed by atoms with Crippen LogP contribution in [0.1, 0.15) is 57.1 Å². The molecule has 1 atom stereocenters. The number of H-pyrrole nitrogens is 1. The van der Waals surface area contributed by atoms with Gasteiger partial charge in [0.2, 0.25) is 0 Å². The Morgan fingerprint density at radius 1 is 1.17 bits per heavy atom. The number of ether oxygens (including phenoxy) is 1. The van der Waals surface area contributed by atoms with E-state index in [0.29, 0.717) is 11.3 Å². The average molecular weight is 410 g/mol. The first-order valence-electron chi connectivity index (χ1n) is 10.8. The molecule has 0 saturated carbocycles. The van der Waals surface area contributed by atoms with E-state index in [0.717, 1.165) is 62.8 Å². The van der Waals surface area contributed by atoms with Crippen LogP contribution in [-0.2, 0) is 13.0 Å². The minimum absolute atomic E-state index is 0.000292. The first-order chi connectivity index (χ1) is 14.3. The Bertz CT molecular complexity index is 970. The summed E-state index contributed by atoms with van der Waals surface area (Å²) in [4.78, 5) is 32.9. The van der Waals surface area contributed by atoms with E-state index in [9.17, 15) is 9.59 Å². The Balaban J connectivity index is 1.36. The standard InChI is InChI=1S/C24H31N3O3/c1-15-22(18(4)28)16(2)25-23(15)24(29)17(3)27-10-8-26(9-11-27)14-19-5-6-21-20(13-19)7-12-30-21/h5-6,13,17,25H,7-12,14H2,1-4H3/t17-/m0/s1. The van der Waals surface area contributed by atoms with Crippen molar-refractivity contribution in [2.24, 2.45) is 0 Å². The van der Waals surface area contributed by atoms with Gasteiger partial charge >= 0.3 is 0 Å². The van der Waals surface area contributed by atoms with E-state index < -0.39 is 0 Å². The lowest BCUT2D eigenvalue weighted by atomic mass is 10.0. The Labute approximate surface area is 178 Å². The number of rotatable bonds is 6. The Morgan fingerprint density at radius 2 is 1.90 bits per heavy atom. The highest BCUT2D eigenvalue weighted by Crippen LogP contribution is 2.27. The van der Waals surface area contributed by atoms with E-state index in [-0.39, 0.29) is 17.6 Å². The van der Waals surface area contributed by atoms with Crippen molar-refractivity contribution in [2.45, 2.75) is 46.7 Å². The molecule has 6 heteroatoms. The number of benzene rings is 1. The molecule has 1 aromatic heterocycles. The van der Waals surface area contributed by atoms with Gasteiger partial charge in [-0.1, -0.05) is 12.1 Å². The molecule has 0 bridgehead atoms. The van der Waals surface area contributed by atoms with Gasteiger partial charge in [-0.15, -0.1) is 0 Å². The number of Topliss-reactive ketones (excluding diaryl/α,β-unsaturated/α-hetero) is 2. The van der Waals surface area contributed by atoms with Crippen LogP contribution >= 0.6 is 0 Å². The zero-order valence-electron chi connectivity index (χ0n) is 18.4. The van der Waals surface area contributed by atoms with Crippen molar-refractivity contribution < 1.29 is 14.3 Å². The first kappa shape index (κ1) is 20.8. The van der Waals surface area contributed by atoms with Gasteiger partial charge in [0, 0.05) is 50.4 Å². The van der Waals surface area contributed by atoms with E-state index in [1.807, 2.05) is 20.8 Å². The summed E-state index contributed by atoms with van der Waals surface area (Å²) in [6.07, 6.45) is 1.000. The quantitative estimate of drug-likeness (QED) is 0.743. The predicted octanol–water partition coefficient (Wildman–Crippen LogP) is 3.16. The Kier molecular flexibility index (Phi) is 5.80. The molecule has 160 valence electrons. The number of aryl methyl sites for hydroxylation is 1. The maximum atomic E-state index is 13.1. The van der Waals surface area contributed by atoms with Gasteiger partial charge in [-0.2, -0.15) is 0 Å². The normalized spacial score (nSPS) is 18.1. The fraction of sp³-hybridized carbons (Fsp3) is 0.500. The maximum absolute atomic E-state index is 13.1. The number of ketones is 2. The number of hydrogen-bond acceptors (Lipinski definition) is 5. The van der Waals surface area contributed by atoms with Crippen LogP contribution in [0.4, 0.5) is 0 Å². The zero-order valence-corrected chi connectivity index (χ0v) is 18.4. The van der Waals surface area contributed by atoms with Crippen LogP contribution in [0.3, 0.4) is 0 Å². The topological polar surface area (TPSA) is 65.6 Å². The lowest BCUT2D eigenvalue weighted by molar-refractivity contribution is 0.0683. The van der Waals surface area contributed by atoms with Gasteiger partial charge in [0.25, 0.3) is 0 Å². The van der Waals surface area contributed by atoms with Gasteiger partial charge in [0.1, 0.15) is 5.75 Å². The van der Waals surface area contributed by atoms with Gasteiger partial charge in [-0.3, -0.25) is 19.4 Å². The maximum Gasteiger partial charge on any atom is 0.196 e. The molecule has 1 saturated heterocycles. The number of hydrogen-bond donors (Lipinski definition) is 1. The molecule has 2 aliphatic rings. The molecule has 0 aliphatic carbocycles. The molecule has 0 unspecified atom stereocenters. The highest BCUT2D eigenvalue weighted by atomic mass is 16.5. The van der Waals surface area contributed by atoms with E-state index in [2.05, 4.69) is 33.0 Å². The largest absolute Gasteiger partial charge is 0.493 e. The predicted molar refractivity (Wildman–Crippen MR) is 117 cm³/mol. The second kappa shape index (κ2) is 8.36. The number of carbonyl (C=O) groups excluding carboxylic acids is 2. The highest BCUT2D eigenvalue weighted by molar-refractivity contribution is 6.05. The fourth-order valence-electron chi connectivity index (χ4n) is 4.80. The molecule has 2 aromatic rings. The molecular weight excluding hydrogens is 378 g/mol. The summed E-state index contributed by atoms with van der Waals surface area (Å²) in [5, 5.41) is 0. The number of nitrogens with zero attached hydrogens (tertiary/aromatic N) is 2. The molecule has 0 radical (unpaired) electrons. The van der Waals surface area contributed by atoms with Gasteiger partial charge < -0.3 is 9.72 Å². The molecule has 1 N–H and O–H groups in total. The minimum atomic E-state index is -0.208. The number of piperazine rings is 1. The average Bonchev–Trinajstić information content (AvgIpc) is 3.30. The Hall–Kier alpha value is -2.44. The monoisotopic (exact) mass is 409 g/mol. The molecule has 6 nitrogen and oxygen atoms in total. The van der Waals surface area contributed by atoms with E-state index in [1.54, 1.807) is 6.92 Å². The van der Waals surface area contributed by atoms with Crippen molar-refractivity contribution in [3.8, 4) is 5.75 Å². The van der Waals surface area contributed by atoms with Crippen LogP contribution in [0.25, 0.3) is 0 Å². The number of nitrogens with one attached hydrogen (secondary N) is 1. The van der Waals surface area contributed by atoms with Crippen LogP contribution < -0.4 is 4.74 Å². The number of carbonyl (C=O) groups is 2. The van der Waals surface area contributed by atoms with E-state index in [1.165, 1.54) is 11.1 Å². The lowest BCUT2D eigenvalue weighted by Gasteiger charge is -2.37. The van der Waals surface area contributed by atoms with Crippen molar-refractivity contribution in [3.63, 3.8) is 0 Å². The summed E-state index contributed by atoms with van der Waals surface area (Å²) >= 11 is 0. The third kappa shape index (κ3) is 3.94. The van der Waals surface area contributed by atoms with Crippen LogP contribution in [0.15, 0.2) is 18.2 Å². The molecule has 1 aromatic carbocycles. The number of fused-ring (bicyclic) bond motifs is 1. The minimum Gasteiger partial charge on any atom is -0.493 e. The van der Waals surface area contributed by atoms with Gasteiger partial charge in [-0.25, -0.2) is 0 Å². The summed E-state index contributed by atoms with van der Waals surface area (Å²) in [6, 6.07) is 6.31. The molecule has 0 amide bonds. The molecule has 30 heavy (non-hydrogen) atoms. The summed E-state index contributed by atoms with van der Waals surface area (Å²) in [5.74, 6) is 1.09. The van der Waals surface area contributed by atoms with E-state index in [4.69, 9.17) is 4.74 Å². The molecule has 1 fully saturated rings. The van der Waals surface area contributed by atoms with Gasteiger partial charge in [0.15, 0.2) is 11.6 Å². The van der Waals surface area contributed by atoms with Crippen LogP contribution in [0.5, 0.6) is 5.75 Å². The third-order valence-corrected chi connectivity index (χ3v) is 6.53. The summed E-state index contributed by atoms with van der Waals surface area (Å²) in [5.41, 5.74) is 5.41. The second-order valence-corrected chi connectivity index (χ2v) is 8.57. The van der Waals surface area contributed by atoms with Crippen LogP contribution in [0, 0.1) is 13.8 Å². The van der Waals surface area contributed by atoms with Gasteiger partial charge in [0.05, 0.1) is 18.3 Å². The summed E-state index contributed by atoms with van der Waals surface area (Å²) < 4.78 is 5.60.